The number of carbonyl (C=O) groups is 1. The average molecular weight is 333 g/mol. The lowest BCUT2D eigenvalue weighted by atomic mass is 9.94. The van der Waals surface area contributed by atoms with Crippen LogP contribution >= 0.6 is 0 Å². The highest BCUT2D eigenvalue weighted by Crippen LogP contribution is 2.27. The third kappa shape index (κ3) is 3.31. The third-order valence-electron chi connectivity index (χ3n) is 4.57. The summed E-state index contributed by atoms with van der Waals surface area (Å²) in [6.45, 7) is 1.41. The van der Waals surface area contributed by atoms with Gasteiger partial charge in [-0.15, -0.1) is 0 Å². The van der Waals surface area contributed by atoms with Crippen LogP contribution in [0.4, 0.5) is 0 Å². The van der Waals surface area contributed by atoms with Gasteiger partial charge < -0.3 is 9.32 Å². The number of carbonyl (C=O) groups excluding carboxylic acids is 1. The molecule has 126 valence electrons. The molecule has 0 N–H and O–H groups in total. The van der Waals surface area contributed by atoms with Crippen LogP contribution in [0.25, 0.3) is 11.4 Å². The number of piperidine rings is 1. The second-order valence-electron chi connectivity index (χ2n) is 6.24. The van der Waals surface area contributed by atoms with Crippen molar-refractivity contribution >= 4 is 5.91 Å². The van der Waals surface area contributed by atoms with E-state index in [9.17, 15) is 4.79 Å². The number of aromatic nitrogens is 2. The minimum Gasteiger partial charge on any atom is -0.459 e. The van der Waals surface area contributed by atoms with Crippen LogP contribution in [0.5, 0.6) is 0 Å². The van der Waals surface area contributed by atoms with Gasteiger partial charge in [-0.25, -0.2) is 9.97 Å². The van der Waals surface area contributed by atoms with Gasteiger partial charge in [0.25, 0.3) is 5.91 Å². The number of hydrogen-bond acceptors (Lipinski definition) is 4. The fraction of sp³-hybridized carbons (Fsp3) is 0.250. The summed E-state index contributed by atoms with van der Waals surface area (Å²) in [4.78, 5) is 23.5. The molecule has 0 radical (unpaired) electrons. The van der Waals surface area contributed by atoms with Gasteiger partial charge in [0.1, 0.15) is 0 Å². The molecular weight excluding hydrogens is 314 g/mol. The van der Waals surface area contributed by atoms with Crippen molar-refractivity contribution in [2.24, 2.45) is 0 Å². The van der Waals surface area contributed by atoms with Gasteiger partial charge in [-0.3, -0.25) is 4.79 Å². The van der Waals surface area contributed by atoms with Gasteiger partial charge in [0, 0.05) is 36.5 Å². The van der Waals surface area contributed by atoms with Crippen LogP contribution in [0.2, 0.25) is 0 Å². The predicted molar refractivity (Wildman–Crippen MR) is 94.1 cm³/mol. The molecule has 0 bridgehead atoms. The van der Waals surface area contributed by atoms with E-state index >= 15 is 0 Å². The number of rotatable bonds is 3. The molecule has 1 fully saturated rings. The Morgan fingerprint density at radius 3 is 2.80 bits per heavy atom. The normalized spacial score (nSPS) is 17.4. The van der Waals surface area contributed by atoms with Gasteiger partial charge in [-0.1, -0.05) is 30.3 Å². The van der Waals surface area contributed by atoms with E-state index in [1.807, 2.05) is 41.3 Å². The third-order valence-corrected chi connectivity index (χ3v) is 4.57. The van der Waals surface area contributed by atoms with Crippen molar-refractivity contribution in [1.82, 2.24) is 14.9 Å². The maximum atomic E-state index is 12.5. The van der Waals surface area contributed by atoms with E-state index in [4.69, 9.17) is 9.40 Å². The molecule has 5 nitrogen and oxygen atoms in total. The monoisotopic (exact) mass is 333 g/mol. The SMILES string of the molecule is O=C(c1ccco1)N1CCC[C@@H](c2ccnc(-c3ccccc3)n2)C1. The van der Waals surface area contributed by atoms with Crippen molar-refractivity contribution in [2.45, 2.75) is 18.8 Å². The van der Waals surface area contributed by atoms with Crippen molar-refractivity contribution in [3.63, 3.8) is 0 Å². The molecule has 25 heavy (non-hydrogen) atoms. The summed E-state index contributed by atoms with van der Waals surface area (Å²) in [6, 6.07) is 15.4. The molecule has 3 heterocycles. The standard InChI is InChI=1S/C20H19N3O2/c24-20(18-9-5-13-25-18)23-12-4-8-16(14-23)17-10-11-21-19(22-17)15-6-2-1-3-7-15/h1-3,5-7,9-11,13,16H,4,8,12,14H2/t16-/m1/s1. The summed E-state index contributed by atoms with van der Waals surface area (Å²) in [5, 5.41) is 0. The van der Waals surface area contributed by atoms with Crippen molar-refractivity contribution < 1.29 is 9.21 Å². The minimum absolute atomic E-state index is 0.0490. The van der Waals surface area contributed by atoms with Gasteiger partial charge >= 0.3 is 0 Å². The molecule has 1 amide bonds. The van der Waals surface area contributed by atoms with E-state index < -0.39 is 0 Å². The molecule has 4 rings (SSSR count). The number of amides is 1. The Bertz CT molecular complexity index is 846. The van der Waals surface area contributed by atoms with E-state index in [2.05, 4.69) is 4.98 Å². The van der Waals surface area contributed by atoms with Crippen molar-refractivity contribution in [1.29, 1.82) is 0 Å². The molecule has 3 aromatic rings. The molecule has 5 heteroatoms. The summed E-state index contributed by atoms with van der Waals surface area (Å²) in [7, 11) is 0. The second-order valence-corrected chi connectivity index (χ2v) is 6.24. The lowest BCUT2D eigenvalue weighted by molar-refractivity contribution is 0.0673. The molecule has 0 unspecified atom stereocenters. The highest BCUT2D eigenvalue weighted by Gasteiger charge is 2.27. The number of benzene rings is 1. The number of nitrogens with zero attached hydrogens (tertiary/aromatic N) is 3. The highest BCUT2D eigenvalue weighted by molar-refractivity contribution is 5.91. The summed E-state index contributed by atoms with van der Waals surface area (Å²) < 4.78 is 5.25. The van der Waals surface area contributed by atoms with Crippen molar-refractivity contribution in [3.05, 3.63) is 72.4 Å². The fourth-order valence-electron chi connectivity index (χ4n) is 3.29. The molecule has 0 spiro atoms. The first-order valence-electron chi connectivity index (χ1n) is 8.52. The maximum Gasteiger partial charge on any atom is 0.289 e. The molecule has 0 aliphatic carbocycles. The maximum absolute atomic E-state index is 12.5. The molecule has 1 aromatic carbocycles. The lowest BCUT2D eigenvalue weighted by Gasteiger charge is -2.32. The predicted octanol–water partition coefficient (Wildman–Crippen LogP) is 3.76. The van der Waals surface area contributed by atoms with Gasteiger partial charge in [0.15, 0.2) is 11.6 Å². The Balaban J connectivity index is 1.55. The molecular formula is C20H19N3O2. The molecule has 1 aliphatic rings. The average Bonchev–Trinajstić information content (AvgIpc) is 3.23. The number of hydrogen-bond donors (Lipinski definition) is 0. The van der Waals surface area contributed by atoms with Crippen molar-refractivity contribution in [3.8, 4) is 11.4 Å². The van der Waals surface area contributed by atoms with Crippen LogP contribution in [-0.4, -0.2) is 33.9 Å². The zero-order chi connectivity index (χ0) is 17.1. The molecule has 2 aromatic heterocycles. The van der Waals surface area contributed by atoms with Crippen LogP contribution in [0.3, 0.4) is 0 Å². The zero-order valence-electron chi connectivity index (χ0n) is 13.8. The second kappa shape index (κ2) is 6.89. The topological polar surface area (TPSA) is 59.2 Å². The number of likely N-dealkylation sites (tertiary alicyclic amines) is 1. The quantitative estimate of drug-likeness (QED) is 0.732. The van der Waals surface area contributed by atoms with E-state index in [1.54, 1.807) is 18.3 Å². The van der Waals surface area contributed by atoms with Crippen molar-refractivity contribution in [2.75, 3.05) is 13.1 Å². The minimum atomic E-state index is -0.0490. The van der Waals surface area contributed by atoms with E-state index in [1.165, 1.54) is 6.26 Å². The Kier molecular flexibility index (Phi) is 4.29. The van der Waals surface area contributed by atoms with Crippen LogP contribution in [0.15, 0.2) is 65.4 Å². The molecule has 1 saturated heterocycles. The first-order valence-corrected chi connectivity index (χ1v) is 8.52. The lowest BCUT2D eigenvalue weighted by Crippen LogP contribution is -2.39. The largest absolute Gasteiger partial charge is 0.459 e. The van der Waals surface area contributed by atoms with Gasteiger partial charge in [-0.05, 0) is 31.0 Å². The molecule has 1 atom stereocenters. The first kappa shape index (κ1) is 15.6. The summed E-state index contributed by atoms with van der Waals surface area (Å²) in [5.41, 5.74) is 1.99. The Labute approximate surface area is 146 Å². The Morgan fingerprint density at radius 1 is 1.12 bits per heavy atom. The first-order chi connectivity index (χ1) is 12.3. The Morgan fingerprint density at radius 2 is 2.00 bits per heavy atom. The smallest absolute Gasteiger partial charge is 0.289 e. The van der Waals surface area contributed by atoms with Crippen LogP contribution in [0.1, 0.15) is 35.0 Å². The van der Waals surface area contributed by atoms with Gasteiger partial charge in [0.2, 0.25) is 0 Å². The summed E-state index contributed by atoms with van der Waals surface area (Å²) >= 11 is 0. The van der Waals surface area contributed by atoms with E-state index in [-0.39, 0.29) is 11.8 Å². The zero-order valence-corrected chi connectivity index (χ0v) is 13.8. The molecule has 1 aliphatic heterocycles. The van der Waals surface area contributed by atoms with Crippen LogP contribution < -0.4 is 0 Å². The van der Waals surface area contributed by atoms with Gasteiger partial charge in [0.05, 0.1) is 6.26 Å². The van der Waals surface area contributed by atoms with Crippen LogP contribution in [0, 0.1) is 0 Å². The number of furan rings is 1. The van der Waals surface area contributed by atoms with Crippen LogP contribution in [-0.2, 0) is 0 Å². The fourth-order valence-corrected chi connectivity index (χ4v) is 3.29. The van der Waals surface area contributed by atoms with E-state index in [0.29, 0.717) is 12.3 Å². The van der Waals surface area contributed by atoms with Gasteiger partial charge in [-0.2, -0.15) is 0 Å². The van der Waals surface area contributed by atoms with E-state index in [0.717, 1.165) is 36.5 Å². The summed E-state index contributed by atoms with van der Waals surface area (Å²) in [5.74, 6) is 1.30. The Hall–Kier alpha value is -2.95. The highest BCUT2D eigenvalue weighted by atomic mass is 16.3. The summed E-state index contributed by atoms with van der Waals surface area (Å²) in [6.07, 6.45) is 5.32. The molecule has 0 saturated carbocycles.